The zero-order chi connectivity index (χ0) is 13.8. The minimum Gasteiger partial charge on any atom is -0.322 e. The summed E-state index contributed by atoms with van der Waals surface area (Å²) in [5.41, 5.74) is 1.59. The van der Waals surface area contributed by atoms with E-state index in [1.54, 1.807) is 12.4 Å². The SMILES string of the molecule is O=C(Nc1cnc(-c2ccccc2)nc1)[C@H]1CCCN1. The van der Waals surface area contributed by atoms with Gasteiger partial charge in [0.2, 0.25) is 5.91 Å². The van der Waals surface area contributed by atoms with Gasteiger partial charge in [0.1, 0.15) is 0 Å². The molecule has 0 bridgehead atoms. The van der Waals surface area contributed by atoms with Crippen molar-refractivity contribution in [3.8, 4) is 11.4 Å². The lowest BCUT2D eigenvalue weighted by molar-refractivity contribution is -0.117. The summed E-state index contributed by atoms with van der Waals surface area (Å²) in [6, 6.07) is 9.66. The summed E-state index contributed by atoms with van der Waals surface area (Å²) in [7, 11) is 0. The van der Waals surface area contributed by atoms with Crippen molar-refractivity contribution in [3.05, 3.63) is 42.7 Å². The van der Waals surface area contributed by atoms with E-state index >= 15 is 0 Å². The van der Waals surface area contributed by atoms with Crippen LogP contribution in [0.5, 0.6) is 0 Å². The van der Waals surface area contributed by atoms with E-state index in [9.17, 15) is 4.79 Å². The third-order valence-corrected chi connectivity index (χ3v) is 3.33. The Hall–Kier alpha value is -2.27. The highest BCUT2D eigenvalue weighted by atomic mass is 16.2. The molecule has 20 heavy (non-hydrogen) atoms. The largest absolute Gasteiger partial charge is 0.322 e. The number of carbonyl (C=O) groups is 1. The van der Waals surface area contributed by atoms with Crippen molar-refractivity contribution < 1.29 is 4.79 Å². The Labute approximate surface area is 117 Å². The first-order valence-corrected chi connectivity index (χ1v) is 6.74. The molecule has 0 spiro atoms. The van der Waals surface area contributed by atoms with Gasteiger partial charge < -0.3 is 10.6 Å². The Morgan fingerprint density at radius 2 is 1.95 bits per heavy atom. The zero-order valence-corrected chi connectivity index (χ0v) is 11.0. The lowest BCUT2D eigenvalue weighted by atomic mass is 10.2. The molecule has 0 saturated carbocycles. The second kappa shape index (κ2) is 5.79. The molecule has 2 N–H and O–H groups in total. The molecule has 2 aromatic rings. The quantitative estimate of drug-likeness (QED) is 0.891. The minimum absolute atomic E-state index is 0.0152. The molecule has 102 valence electrons. The number of carbonyl (C=O) groups excluding carboxylic acids is 1. The highest BCUT2D eigenvalue weighted by molar-refractivity contribution is 5.94. The van der Waals surface area contributed by atoms with Crippen LogP contribution in [0.3, 0.4) is 0 Å². The van der Waals surface area contributed by atoms with Crippen LogP contribution in [0.25, 0.3) is 11.4 Å². The van der Waals surface area contributed by atoms with Gasteiger partial charge in [-0.2, -0.15) is 0 Å². The van der Waals surface area contributed by atoms with Crippen LogP contribution < -0.4 is 10.6 Å². The second-order valence-electron chi connectivity index (χ2n) is 4.80. The highest BCUT2D eigenvalue weighted by Gasteiger charge is 2.21. The van der Waals surface area contributed by atoms with Crippen LogP contribution in [0.2, 0.25) is 0 Å². The molecule has 1 atom stereocenters. The maximum atomic E-state index is 11.9. The molecule has 0 aliphatic carbocycles. The van der Waals surface area contributed by atoms with Gasteiger partial charge in [0, 0.05) is 5.56 Å². The monoisotopic (exact) mass is 268 g/mol. The summed E-state index contributed by atoms with van der Waals surface area (Å²) in [6.07, 6.45) is 5.21. The van der Waals surface area contributed by atoms with Crippen molar-refractivity contribution in [2.45, 2.75) is 18.9 Å². The van der Waals surface area contributed by atoms with E-state index in [0.29, 0.717) is 11.5 Å². The smallest absolute Gasteiger partial charge is 0.241 e. The van der Waals surface area contributed by atoms with Crippen LogP contribution in [0, 0.1) is 0 Å². The van der Waals surface area contributed by atoms with Crippen molar-refractivity contribution in [3.63, 3.8) is 0 Å². The first-order valence-electron chi connectivity index (χ1n) is 6.74. The van der Waals surface area contributed by atoms with Crippen molar-refractivity contribution in [2.75, 3.05) is 11.9 Å². The van der Waals surface area contributed by atoms with Crippen LogP contribution in [0.1, 0.15) is 12.8 Å². The molecule has 1 aliphatic heterocycles. The number of aromatic nitrogens is 2. The van der Waals surface area contributed by atoms with Crippen LogP contribution in [-0.4, -0.2) is 28.5 Å². The molecule has 0 radical (unpaired) electrons. The first kappa shape index (κ1) is 12.7. The standard InChI is InChI=1S/C15H16N4O/c20-15(13-7-4-8-16-13)19-12-9-17-14(18-10-12)11-5-2-1-3-6-11/h1-3,5-6,9-10,13,16H,4,7-8H2,(H,19,20)/t13-/m1/s1. The van der Waals surface area contributed by atoms with Gasteiger partial charge in [-0.05, 0) is 19.4 Å². The number of rotatable bonds is 3. The van der Waals surface area contributed by atoms with Crippen molar-refractivity contribution in [1.29, 1.82) is 0 Å². The van der Waals surface area contributed by atoms with E-state index in [2.05, 4.69) is 20.6 Å². The Kier molecular flexibility index (Phi) is 3.69. The number of anilines is 1. The average molecular weight is 268 g/mol. The van der Waals surface area contributed by atoms with Crippen LogP contribution in [0.15, 0.2) is 42.7 Å². The molecule has 5 nitrogen and oxygen atoms in total. The maximum Gasteiger partial charge on any atom is 0.241 e. The van der Waals surface area contributed by atoms with Gasteiger partial charge in [0.15, 0.2) is 5.82 Å². The Bertz CT molecular complexity index is 577. The number of hydrogen-bond donors (Lipinski definition) is 2. The second-order valence-corrected chi connectivity index (χ2v) is 4.80. The molecule has 5 heteroatoms. The lowest BCUT2D eigenvalue weighted by Gasteiger charge is -2.10. The Balaban J connectivity index is 1.68. The van der Waals surface area contributed by atoms with E-state index in [1.165, 1.54) is 0 Å². The molecule has 1 fully saturated rings. The number of hydrogen-bond acceptors (Lipinski definition) is 4. The van der Waals surface area contributed by atoms with E-state index < -0.39 is 0 Å². The van der Waals surface area contributed by atoms with Gasteiger partial charge in [0.05, 0.1) is 24.1 Å². The summed E-state index contributed by atoms with van der Waals surface area (Å²) in [5.74, 6) is 0.640. The van der Waals surface area contributed by atoms with Crippen LogP contribution in [0.4, 0.5) is 5.69 Å². The summed E-state index contributed by atoms with van der Waals surface area (Å²) in [4.78, 5) is 20.5. The molecule has 3 rings (SSSR count). The molecule has 1 amide bonds. The van der Waals surface area contributed by atoms with Gasteiger partial charge in [-0.25, -0.2) is 9.97 Å². The molecule has 1 saturated heterocycles. The lowest BCUT2D eigenvalue weighted by Crippen LogP contribution is -2.35. The summed E-state index contributed by atoms with van der Waals surface area (Å²) >= 11 is 0. The highest BCUT2D eigenvalue weighted by Crippen LogP contribution is 2.15. The van der Waals surface area contributed by atoms with Gasteiger partial charge in [-0.3, -0.25) is 4.79 Å². The summed E-state index contributed by atoms with van der Waals surface area (Å²) in [5, 5.41) is 6.00. The first-order chi connectivity index (χ1) is 9.83. The molecular weight excluding hydrogens is 252 g/mol. The number of amides is 1. The van der Waals surface area contributed by atoms with E-state index in [4.69, 9.17) is 0 Å². The Morgan fingerprint density at radius 1 is 1.20 bits per heavy atom. The van der Waals surface area contributed by atoms with Gasteiger partial charge >= 0.3 is 0 Å². The third-order valence-electron chi connectivity index (χ3n) is 3.33. The molecule has 1 aliphatic rings. The normalized spacial score (nSPS) is 17.9. The predicted molar refractivity (Wildman–Crippen MR) is 77.1 cm³/mol. The summed E-state index contributed by atoms with van der Waals surface area (Å²) < 4.78 is 0. The minimum atomic E-state index is -0.0937. The van der Waals surface area contributed by atoms with E-state index in [0.717, 1.165) is 24.9 Å². The third kappa shape index (κ3) is 2.83. The Morgan fingerprint density at radius 3 is 2.60 bits per heavy atom. The van der Waals surface area contributed by atoms with Crippen molar-refractivity contribution in [2.24, 2.45) is 0 Å². The molecule has 1 aromatic carbocycles. The zero-order valence-electron chi connectivity index (χ0n) is 11.0. The predicted octanol–water partition coefficient (Wildman–Crippen LogP) is 1.83. The number of benzene rings is 1. The van der Waals surface area contributed by atoms with Crippen LogP contribution >= 0.6 is 0 Å². The fourth-order valence-corrected chi connectivity index (χ4v) is 2.27. The van der Waals surface area contributed by atoms with Crippen LogP contribution in [-0.2, 0) is 4.79 Å². The molecule has 2 heterocycles. The summed E-state index contributed by atoms with van der Waals surface area (Å²) in [6.45, 7) is 0.904. The average Bonchev–Trinajstić information content (AvgIpc) is 3.03. The fourth-order valence-electron chi connectivity index (χ4n) is 2.27. The molecular formula is C15H16N4O. The van der Waals surface area contributed by atoms with E-state index in [1.807, 2.05) is 30.3 Å². The van der Waals surface area contributed by atoms with Crippen molar-refractivity contribution >= 4 is 11.6 Å². The van der Waals surface area contributed by atoms with E-state index in [-0.39, 0.29) is 11.9 Å². The molecule has 0 unspecified atom stereocenters. The van der Waals surface area contributed by atoms with Gasteiger partial charge in [0.25, 0.3) is 0 Å². The topological polar surface area (TPSA) is 66.9 Å². The van der Waals surface area contributed by atoms with Crippen molar-refractivity contribution in [1.82, 2.24) is 15.3 Å². The van der Waals surface area contributed by atoms with Gasteiger partial charge in [-0.15, -0.1) is 0 Å². The van der Waals surface area contributed by atoms with Gasteiger partial charge in [-0.1, -0.05) is 30.3 Å². The maximum absolute atomic E-state index is 11.9. The fraction of sp³-hybridized carbons (Fsp3) is 0.267. The number of nitrogens with one attached hydrogen (secondary N) is 2. The molecule has 1 aromatic heterocycles. The number of nitrogens with zero attached hydrogens (tertiary/aromatic N) is 2.